The molecule has 0 spiro atoms. The van der Waals surface area contributed by atoms with Crippen LogP contribution in [-0.2, 0) is 9.59 Å². The average Bonchev–Trinajstić information content (AvgIpc) is 2.12. The van der Waals surface area contributed by atoms with E-state index in [-0.39, 0.29) is 0 Å². The molecule has 1 rings (SSSR count). The Labute approximate surface area is 87.5 Å². The molecule has 0 N–H and O–H groups in total. The molecule has 1 aromatic rings. The molecule has 0 bridgehead atoms. The highest BCUT2D eigenvalue weighted by atomic mass is 127. The van der Waals surface area contributed by atoms with Gasteiger partial charge < -0.3 is 0 Å². The molecule has 0 atom stereocenters. The third kappa shape index (κ3) is 2.59. The number of aliphatic imine (C=N–C) groups is 2. The molecule has 0 saturated heterocycles. The minimum absolute atomic E-state index is 0.421. The second-order valence-electron chi connectivity index (χ2n) is 2.04. The maximum absolute atomic E-state index is 9.99. The molecule has 0 fully saturated rings. The van der Waals surface area contributed by atoms with E-state index >= 15 is 0 Å². The van der Waals surface area contributed by atoms with Gasteiger partial charge in [0.2, 0.25) is 12.2 Å². The van der Waals surface area contributed by atoms with Gasteiger partial charge in [0.05, 0.1) is 11.4 Å². The van der Waals surface area contributed by atoms with Crippen molar-refractivity contribution in [3.05, 3.63) is 21.8 Å². The minimum Gasteiger partial charge on any atom is -0.211 e. The molecule has 64 valence electrons. The van der Waals surface area contributed by atoms with Crippen molar-refractivity contribution >= 4 is 46.1 Å². The van der Waals surface area contributed by atoms with E-state index in [0.717, 1.165) is 3.57 Å². The summed E-state index contributed by atoms with van der Waals surface area (Å²) in [6, 6.07) is 4.85. The van der Waals surface area contributed by atoms with E-state index < -0.39 is 0 Å². The number of carbonyl (C=O) groups excluding carboxylic acids is 2. The van der Waals surface area contributed by atoms with Crippen LogP contribution in [0.25, 0.3) is 0 Å². The van der Waals surface area contributed by atoms with Crippen LogP contribution < -0.4 is 0 Å². The van der Waals surface area contributed by atoms with Gasteiger partial charge in [-0.05, 0) is 40.8 Å². The van der Waals surface area contributed by atoms with Crippen LogP contribution in [0.2, 0.25) is 0 Å². The van der Waals surface area contributed by atoms with E-state index in [1.807, 2.05) is 22.6 Å². The van der Waals surface area contributed by atoms with E-state index in [0.29, 0.717) is 11.4 Å². The monoisotopic (exact) mass is 286 g/mol. The quantitative estimate of drug-likeness (QED) is 0.475. The fourth-order valence-corrected chi connectivity index (χ4v) is 1.21. The average molecular weight is 286 g/mol. The van der Waals surface area contributed by atoms with E-state index in [1.165, 1.54) is 18.2 Å². The SMILES string of the molecule is O=C=Nc1ccc(I)c(N=C=O)c1. The number of rotatable bonds is 2. The van der Waals surface area contributed by atoms with Crippen molar-refractivity contribution in [1.29, 1.82) is 0 Å². The first-order valence-corrected chi connectivity index (χ1v) is 4.31. The maximum Gasteiger partial charge on any atom is 0.240 e. The normalized spacial score (nSPS) is 8.38. The van der Waals surface area contributed by atoms with Crippen molar-refractivity contribution in [2.45, 2.75) is 0 Å². The van der Waals surface area contributed by atoms with Crippen LogP contribution in [0.4, 0.5) is 11.4 Å². The van der Waals surface area contributed by atoms with E-state index in [2.05, 4.69) is 9.98 Å². The Hall–Kier alpha value is -1.29. The number of isocyanates is 2. The van der Waals surface area contributed by atoms with Gasteiger partial charge in [-0.25, -0.2) is 9.59 Å². The van der Waals surface area contributed by atoms with Crippen LogP contribution in [0.5, 0.6) is 0 Å². The molecule has 0 radical (unpaired) electrons. The number of hydrogen-bond acceptors (Lipinski definition) is 4. The first kappa shape index (κ1) is 9.80. The number of halogens is 1. The number of nitrogens with zero attached hydrogens (tertiary/aromatic N) is 2. The molecule has 0 amide bonds. The molecule has 1 aromatic carbocycles. The lowest BCUT2D eigenvalue weighted by atomic mass is 10.3. The smallest absolute Gasteiger partial charge is 0.211 e. The van der Waals surface area contributed by atoms with E-state index in [1.54, 1.807) is 12.1 Å². The summed E-state index contributed by atoms with van der Waals surface area (Å²) in [4.78, 5) is 26.8. The lowest BCUT2D eigenvalue weighted by Gasteiger charge is -1.95. The van der Waals surface area contributed by atoms with Crippen molar-refractivity contribution in [3.63, 3.8) is 0 Å². The number of hydrogen-bond donors (Lipinski definition) is 0. The van der Waals surface area contributed by atoms with Crippen molar-refractivity contribution in [3.8, 4) is 0 Å². The zero-order valence-corrected chi connectivity index (χ0v) is 8.48. The predicted octanol–water partition coefficient (Wildman–Crippen LogP) is 2.23. The molecule has 0 aliphatic carbocycles. The van der Waals surface area contributed by atoms with Gasteiger partial charge in [0, 0.05) is 3.57 Å². The summed E-state index contributed by atoms with van der Waals surface area (Å²) in [6.07, 6.45) is 2.83. The van der Waals surface area contributed by atoms with Crippen LogP contribution in [0.1, 0.15) is 0 Å². The predicted molar refractivity (Wildman–Crippen MR) is 54.7 cm³/mol. The lowest BCUT2D eigenvalue weighted by Crippen LogP contribution is -1.72. The lowest BCUT2D eigenvalue weighted by molar-refractivity contribution is 0.565. The summed E-state index contributed by atoms with van der Waals surface area (Å²) in [5.74, 6) is 0. The van der Waals surface area contributed by atoms with Crippen molar-refractivity contribution in [1.82, 2.24) is 0 Å². The zero-order chi connectivity index (χ0) is 9.68. The third-order valence-corrected chi connectivity index (χ3v) is 2.18. The fourth-order valence-electron chi connectivity index (χ4n) is 0.758. The zero-order valence-electron chi connectivity index (χ0n) is 6.32. The van der Waals surface area contributed by atoms with Crippen LogP contribution in [0.15, 0.2) is 28.2 Å². The summed E-state index contributed by atoms with van der Waals surface area (Å²) in [5.41, 5.74) is 0.872. The summed E-state index contributed by atoms with van der Waals surface area (Å²) in [6.45, 7) is 0. The summed E-state index contributed by atoms with van der Waals surface area (Å²) in [7, 11) is 0. The van der Waals surface area contributed by atoms with Gasteiger partial charge in [-0.3, -0.25) is 0 Å². The molecular formula is C8H3IN2O2. The Balaban J connectivity index is 3.25. The standard InChI is InChI=1S/C8H3IN2O2/c9-7-2-1-6(10-4-12)3-8(7)11-5-13/h1-3H. The van der Waals surface area contributed by atoms with Gasteiger partial charge in [0.25, 0.3) is 0 Å². The maximum atomic E-state index is 9.99. The van der Waals surface area contributed by atoms with Crippen LogP contribution in [-0.4, -0.2) is 12.2 Å². The molecule has 0 unspecified atom stereocenters. The highest BCUT2D eigenvalue weighted by Crippen LogP contribution is 2.25. The summed E-state index contributed by atoms with van der Waals surface area (Å²) < 4.78 is 0.797. The molecule has 4 nitrogen and oxygen atoms in total. The Morgan fingerprint density at radius 1 is 1.15 bits per heavy atom. The molecular weight excluding hydrogens is 283 g/mol. The number of benzene rings is 1. The topological polar surface area (TPSA) is 58.9 Å². The minimum atomic E-state index is 0.421. The van der Waals surface area contributed by atoms with Gasteiger partial charge >= 0.3 is 0 Å². The van der Waals surface area contributed by atoms with Crippen LogP contribution >= 0.6 is 22.6 Å². The van der Waals surface area contributed by atoms with Crippen LogP contribution in [0, 0.1) is 3.57 Å². The van der Waals surface area contributed by atoms with Crippen molar-refractivity contribution < 1.29 is 9.59 Å². The highest BCUT2D eigenvalue weighted by Gasteiger charge is 1.98. The Morgan fingerprint density at radius 3 is 2.46 bits per heavy atom. The summed E-state index contributed by atoms with van der Waals surface area (Å²) >= 11 is 2.02. The third-order valence-electron chi connectivity index (χ3n) is 1.27. The molecule has 0 aromatic heterocycles. The van der Waals surface area contributed by atoms with E-state index in [4.69, 9.17) is 0 Å². The van der Waals surface area contributed by atoms with Gasteiger partial charge in [-0.2, -0.15) is 9.98 Å². The molecule has 13 heavy (non-hydrogen) atoms. The summed E-state index contributed by atoms with van der Waals surface area (Å²) in [5, 5.41) is 0. The van der Waals surface area contributed by atoms with Gasteiger partial charge in [-0.1, -0.05) is 0 Å². The van der Waals surface area contributed by atoms with Gasteiger partial charge in [0.15, 0.2) is 0 Å². The van der Waals surface area contributed by atoms with Gasteiger partial charge in [-0.15, -0.1) is 0 Å². The van der Waals surface area contributed by atoms with Crippen molar-refractivity contribution in [2.24, 2.45) is 9.98 Å². The van der Waals surface area contributed by atoms with Crippen LogP contribution in [0.3, 0.4) is 0 Å². The molecule has 0 heterocycles. The first-order chi connectivity index (χ1) is 6.27. The fraction of sp³-hybridized carbons (Fsp3) is 0. The molecule has 5 heteroatoms. The largest absolute Gasteiger partial charge is 0.240 e. The Morgan fingerprint density at radius 2 is 1.85 bits per heavy atom. The Kier molecular flexibility index (Phi) is 3.52. The molecule has 0 saturated carbocycles. The van der Waals surface area contributed by atoms with Crippen molar-refractivity contribution in [2.75, 3.05) is 0 Å². The highest BCUT2D eigenvalue weighted by molar-refractivity contribution is 14.1. The molecule has 0 aliphatic rings. The van der Waals surface area contributed by atoms with Gasteiger partial charge in [0.1, 0.15) is 0 Å². The van der Waals surface area contributed by atoms with E-state index in [9.17, 15) is 9.59 Å². The Bertz CT molecular complexity index is 418. The first-order valence-electron chi connectivity index (χ1n) is 3.23. The second kappa shape index (κ2) is 4.67. The second-order valence-corrected chi connectivity index (χ2v) is 3.20. The molecule has 0 aliphatic heterocycles.